The molecule has 0 unspecified atom stereocenters. The van der Waals surface area contributed by atoms with Crippen LogP contribution in [0.25, 0.3) is 0 Å². The lowest BCUT2D eigenvalue weighted by Gasteiger charge is -2.43. The van der Waals surface area contributed by atoms with Gasteiger partial charge in [0.05, 0.1) is 0 Å². The van der Waals surface area contributed by atoms with Crippen LogP contribution in [0, 0.1) is 0 Å². The van der Waals surface area contributed by atoms with E-state index in [9.17, 15) is 18.0 Å². The summed E-state index contributed by atoms with van der Waals surface area (Å²) in [5, 5.41) is 2.90. The van der Waals surface area contributed by atoms with Crippen LogP contribution in [-0.4, -0.2) is 78.5 Å². The van der Waals surface area contributed by atoms with E-state index in [0.29, 0.717) is 52.1 Å². The molecule has 0 atom stereocenters. The predicted molar refractivity (Wildman–Crippen MR) is 99.6 cm³/mol. The minimum atomic E-state index is -3.47. The number of nitrogens with zero attached hydrogens (tertiary/aromatic N) is 3. The van der Waals surface area contributed by atoms with Crippen molar-refractivity contribution in [1.82, 2.24) is 18.8 Å². The van der Waals surface area contributed by atoms with E-state index < -0.39 is 15.7 Å². The molecule has 0 spiro atoms. The maximum absolute atomic E-state index is 13.1. The standard InChI is InChI=1S/C17H32N4O4S/c1-4-20(5-2)26(24,25)21-13-11-19(12-14-21)16(23)17(18-15(3)22)9-7-6-8-10-17/h4-14H2,1-3H3,(H,18,22). The molecule has 0 aromatic rings. The summed E-state index contributed by atoms with van der Waals surface area (Å²) < 4.78 is 28.1. The second-order valence-corrected chi connectivity index (χ2v) is 9.04. The predicted octanol–water partition coefficient (Wildman–Crippen LogP) is 0.556. The van der Waals surface area contributed by atoms with E-state index in [2.05, 4.69) is 5.32 Å². The molecule has 0 bridgehead atoms. The molecule has 1 aliphatic heterocycles. The SMILES string of the molecule is CCN(CC)S(=O)(=O)N1CCN(C(=O)C2(NC(C)=O)CCCCC2)CC1. The summed E-state index contributed by atoms with van der Waals surface area (Å²) in [5.41, 5.74) is -0.815. The number of piperazine rings is 1. The van der Waals surface area contributed by atoms with Crippen LogP contribution in [0.15, 0.2) is 0 Å². The molecule has 1 heterocycles. The molecule has 0 radical (unpaired) electrons. The largest absolute Gasteiger partial charge is 0.342 e. The lowest BCUT2D eigenvalue weighted by Crippen LogP contribution is -2.63. The third kappa shape index (κ3) is 4.37. The van der Waals surface area contributed by atoms with E-state index in [1.807, 2.05) is 13.8 Å². The molecular weight excluding hydrogens is 356 g/mol. The van der Waals surface area contributed by atoms with Crippen molar-refractivity contribution in [1.29, 1.82) is 0 Å². The fourth-order valence-corrected chi connectivity index (χ4v) is 5.63. The van der Waals surface area contributed by atoms with Gasteiger partial charge in [0.25, 0.3) is 10.2 Å². The van der Waals surface area contributed by atoms with Crippen molar-refractivity contribution in [2.75, 3.05) is 39.3 Å². The molecule has 2 rings (SSSR count). The van der Waals surface area contributed by atoms with E-state index in [1.54, 1.807) is 4.90 Å². The van der Waals surface area contributed by atoms with Gasteiger partial charge in [0, 0.05) is 46.2 Å². The summed E-state index contributed by atoms with van der Waals surface area (Å²) in [6.45, 7) is 7.26. The monoisotopic (exact) mass is 388 g/mol. The zero-order valence-electron chi connectivity index (χ0n) is 16.2. The third-order valence-electron chi connectivity index (χ3n) is 5.42. The normalized spacial score (nSPS) is 21.6. The summed E-state index contributed by atoms with van der Waals surface area (Å²) in [7, 11) is -3.47. The average Bonchev–Trinajstić information content (AvgIpc) is 2.62. The lowest BCUT2D eigenvalue weighted by atomic mass is 9.80. The number of amides is 2. The maximum atomic E-state index is 13.1. The first-order valence-corrected chi connectivity index (χ1v) is 11.0. The number of carbonyl (C=O) groups is 2. The Morgan fingerprint density at radius 1 is 1.00 bits per heavy atom. The van der Waals surface area contributed by atoms with Crippen LogP contribution >= 0.6 is 0 Å². The quantitative estimate of drug-likeness (QED) is 0.720. The van der Waals surface area contributed by atoms with E-state index in [1.165, 1.54) is 15.5 Å². The highest BCUT2D eigenvalue weighted by Gasteiger charge is 2.44. The summed E-state index contributed by atoms with van der Waals surface area (Å²) >= 11 is 0. The van der Waals surface area contributed by atoms with E-state index in [-0.39, 0.29) is 11.8 Å². The van der Waals surface area contributed by atoms with E-state index in [4.69, 9.17) is 0 Å². The van der Waals surface area contributed by atoms with Crippen molar-refractivity contribution < 1.29 is 18.0 Å². The molecule has 1 N–H and O–H groups in total. The number of nitrogens with one attached hydrogen (secondary N) is 1. The molecule has 2 aliphatic rings. The summed E-state index contributed by atoms with van der Waals surface area (Å²) in [6.07, 6.45) is 4.22. The average molecular weight is 389 g/mol. The highest BCUT2D eigenvalue weighted by molar-refractivity contribution is 7.86. The Hall–Kier alpha value is -1.19. The minimum Gasteiger partial charge on any atom is -0.342 e. The second-order valence-electron chi connectivity index (χ2n) is 7.11. The van der Waals surface area contributed by atoms with Gasteiger partial charge in [0.2, 0.25) is 11.8 Å². The van der Waals surface area contributed by atoms with Gasteiger partial charge in [0.1, 0.15) is 5.54 Å². The van der Waals surface area contributed by atoms with E-state index >= 15 is 0 Å². The van der Waals surface area contributed by atoms with Gasteiger partial charge in [-0.2, -0.15) is 17.0 Å². The molecule has 150 valence electrons. The van der Waals surface area contributed by atoms with Gasteiger partial charge < -0.3 is 10.2 Å². The van der Waals surface area contributed by atoms with Gasteiger partial charge in [-0.25, -0.2) is 0 Å². The van der Waals surface area contributed by atoms with Crippen molar-refractivity contribution in [2.24, 2.45) is 0 Å². The zero-order chi connectivity index (χ0) is 19.4. The first kappa shape index (κ1) is 21.1. The van der Waals surface area contributed by atoms with Crippen molar-refractivity contribution in [3.05, 3.63) is 0 Å². The van der Waals surface area contributed by atoms with Crippen LogP contribution < -0.4 is 5.32 Å². The first-order chi connectivity index (χ1) is 12.3. The van der Waals surface area contributed by atoms with Gasteiger partial charge >= 0.3 is 0 Å². The van der Waals surface area contributed by atoms with Crippen molar-refractivity contribution in [3.63, 3.8) is 0 Å². The van der Waals surface area contributed by atoms with Gasteiger partial charge in [0.15, 0.2) is 0 Å². The molecule has 2 fully saturated rings. The zero-order valence-corrected chi connectivity index (χ0v) is 17.0. The fraction of sp³-hybridized carbons (Fsp3) is 0.882. The Bertz CT molecular complexity index is 604. The van der Waals surface area contributed by atoms with Crippen molar-refractivity contribution >= 4 is 22.0 Å². The Kier molecular flexibility index (Phi) is 7.04. The van der Waals surface area contributed by atoms with Gasteiger partial charge in [-0.15, -0.1) is 0 Å². The molecule has 1 saturated heterocycles. The summed E-state index contributed by atoms with van der Waals surface area (Å²) in [4.78, 5) is 26.5. The summed E-state index contributed by atoms with van der Waals surface area (Å²) in [6, 6.07) is 0. The topological polar surface area (TPSA) is 90.0 Å². The summed E-state index contributed by atoms with van der Waals surface area (Å²) in [5.74, 6) is -0.254. The highest BCUT2D eigenvalue weighted by atomic mass is 32.2. The molecular formula is C17H32N4O4S. The highest BCUT2D eigenvalue weighted by Crippen LogP contribution is 2.30. The smallest absolute Gasteiger partial charge is 0.282 e. The lowest BCUT2D eigenvalue weighted by molar-refractivity contribution is -0.144. The molecule has 9 heteroatoms. The molecule has 1 saturated carbocycles. The first-order valence-electron chi connectivity index (χ1n) is 9.60. The molecule has 2 amide bonds. The van der Waals surface area contributed by atoms with Crippen LogP contribution in [0.5, 0.6) is 0 Å². The van der Waals surface area contributed by atoms with Gasteiger partial charge in [-0.05, 0) is 12.8 Å². The molecule has 1 aliphatic carbocycles. The van der Waals surface area contributed by atoms with Crippen LogP contribution in [0.4, 0.5) is 0 Å². The Labute approximate surface area is 157 Å². The van der Waals surface area contributed by atoms with Crippen molar-refractivity contribution in [2.45, 2.75) is 58.4 Å². The fourth-order valence-electron chi connectivity index (χ4n) is 4.02. The van der Waals surface area contributed by atoms with E-state index in [0.717, 1.165) is 19.3 Å². The van der Waals surface area contributed by atoms with Crippen LogP contribution in [0.1, 0.15) is 52.9 Å². The molecule has 8 nitrogen and oxygen atoms in total. The number of hydrogen-bond donors (Lipinski definition) is 1. The molecule has 26 heavy (non-hydrogen) atoms. The maximum Gasteiger partial charge on any atom is 0.282 e. The van der Waals surface area contributed by atoms with Crippen LogP contribution in [-0.2, 0) is 19.8 Å². The third-order valence-corrected chi connectivity index (χ3v) is 7.60. The second kappa shape index (κ2) is 8.67. The number of hydrogen-bond acceptors (Lipinski definition) is 4. The molecule has 0 aromatic carbocycles. The van der Waals surface area contributed by atoms with Crippen molar-refractivity contribution in [3.8, 4) is 0 Å². The number of carbonyl (C=O) groups excluding carboxylic acids is 2. The van der Waals surface area contributed by atoms with Gasteiger partial charge in [-0.3, -0.25) is 9.59 Å². The molecule has 0 aromatic heterocycles. The van der Waals surface area contributed by atoms with Crippen LogP contribution in [0.2, 0.25) is 0 Å². The van der Waals surface area contributed by atoms with Crippen LogP contribution in [0.3, 0.4) is 0 Å². The number of rotatable bonds is 6. The minimum absolute atomic E-state index is 0.0627. The Morgan fingerprint density at radius 3 is 2.00 bits per heavy atom. The Morgan fingerprint density at radius 2 is 1.54 bits per heavy atom. The Balaban J connectivity index is 2.06. The van der Waals surface area contributed by atoms with Gasteiger partial charge in [-0.1, -0.05) is 33.1 Å².